The average Bonchev–Trinajstić information content (AvgIpc) is 3.18. The zero-order valence-electron chi connectivity index (χ0n) is 18.6. The number of amides is 1. The molecular weight excluding hydrogens is 398 g/mol. The first kappa shape index (κ1) is 21.6. The molecule has 0 radical (unpaired) electrons. The average molecular weight is 430 g/mol. The fourth-order valence-electron chi connectivity index (χ4n) is 4.34. The van der Waals surface area contributed by atoms with E-state index < -0.39 is 0 Å². The van der Waals surface area contributed by atoms with E-state index in [9.17, 15) is 4.79 Å². The molecule has 8 nitrogen and oxygen atoms in total. The lowest BCUT2D eigenvalue weighted by atomic mass is 9.95. The fraction of sp³-hybridized carbons (Fsp3) is 0.565. The summed E-state index contributed by atoms with van der Waals surface area (Å²) in [5.41, 5.74) is 1.68. The molecule has 0 spiro atoms. The number of piperidine rings is 1. The third kappa shape index (κ3) is 4.70. The predicted octanol–water partition coefficient (Wildman–Crippen LogP) is 2.74. The van der Waals surface area contributed by atoms with Gasteiger partial charge in [-0.25, -0.2) is 4.98 Å². The van der Waals surface area contributed by atoms with Gasteiger partial charge >= 0.3 is 0 Å². The van der Waals surface area contributed by atoms with E-state index in [1.807, 2.05) is 30.0 Å². The van der Waals surface area contributed by atoms with Crippen LogP contribution in [-0.2, 0) is 16.1 Å². The topological polar surface area (TPSA) is 77.3 Å². The Morgan fingerprint density at radius 2 is 1.87 bits per heavy atom. The third-order valence-electron chi connectivity index (χ3n) is 6.16. The first-order valence-electron chi connectivity index (χ1n) is 10.9. The van der Waals surface area contributed by atoms with Crippen molar-refractivity contribution in [3.63, 3.8) is 0 Å². The molecule has 0 unspecified atom stereocenters. The van der Waals surface area contributed by atoms with E-state index in [1.54, 1.807) is 14.2 Å². The summed E-state index contributed by atoms with van der Waals surface area (Å²) in [6.07, 6.45) is 1.76. The lowest BCUT2D eigenvalue weighted by Gasteiger charge is -2.35. The highest BCUT2D eigenvalue weighted by molar-refractivity contribution is 5.79. The van der Waals surface area contributed by atoms with Crippen LogP contribution in [0.2, 0.25) is 0 Å². The molecule has 1 amide bonds. The zero-order valence-corrected chi connectivity index (χ0v) is 18.6. The Morgan fingerprint density at radius 3 is 2.55 bits per heavy atom. The number of ether oxygens (including phenoxy) is 3. The monoisotopic (exact) mass is 429 g/mol. The minimum Gasteiger partial charge on any atom is -0.493 e. The number of morpholine rings is 1. The van der Waals surface area contributed by atoms with Gasteiger partial charge in [-0.2, -0.15) is 0 Å². The van der Waals surface area contributed by atoms with Crippen molar-refractivity contribution in [1.82, 2.24) is 14.8 Å². The van der Waals surface area contributed by atoms with E-state index in [0.717, 1.165) is 42.9 Å². The summed E-state index contributed by atoms with van der Waals surface area (Å²) in [7, 11) is 3.22. The number of aryl methyl sites for hydroxylation is 1. The zero-order chi connectivity index (χ0) is 21.8. The van der Waals surface area contributed by atoms with Crippen molar-refractivity contribution in [1.29, 1.82) is 0 Å². The van der Waals surface area contributed by atoms with Crippen LogP contribution in [0, 0.1) is 12.8 Å². The Kier molecular flexibility index (Phi) is 6.77. The molecule has 4 rings (SSSR count). The summed E-state index contributed by atoms with van der Waals surface area (Å²) in [6.45, 7) is 7.14. The van der Waals surface area contributed by atoms with E-state index in [1.165, 1.54) is 0 Å². The molecule has 3 heterocycles. The van der Waals surface area contributed by atoms with Gasteiger partial charge < -0.3 is 23.5 Å². The minimum absolute atomic E-state index is 0.115. The number of nitrogens with zero attached hydrogens (tertiary/aromatic N) is 3. The molecule has 1 aromatic heterocycles. The van der Waals surface area contributed by atoms with Crippen molar-refractivity contribution in [2.45, 2.75) is 26.3 Å². The number of rotatable bonds is 6. The summed E-state index contributed by atoms with van der Waals surface area (Å²) < 4.78 is 22.3. The molecule has 2 aromatic rings. The van der Waals surface area contributed by atoms with Crippen molar-refractivity contribution in [2.24, 2.45) is 5.92 Å². The number of oxazole rings is 1. The smallest absolute Gasteiger partial charge is 0.230 e. The molecule has 8 heteroatoms. The highest BCUT2D eigenvalue weighted by atomic mass is 16.5. The molecule has 0 saturated carbocycles. The number of likely N-dealkylation sites (tertiary alicyclic amines) is 1. The molecule has 2 saturated heterocycles. The van der Waals surface area contributed by atoms with Crippen LogP contribution in [0.1, 0.15) is 24.3 Å². The molecule has 0 bridgehead atoms. The lowest BCUT2D eigenvalue weighted by Crippen LogP contribution is -2.46. The van der Waals surface area contributed by atoms with Gasteiger partial charge in [0.2, 0.25) is 11.8 Å². The largest absolute Gasteiger partial charge is 0.493 e. The summed E-state index contributed by atoms with van der Waals surface area (Å²) in [5, 5.41) is 0. The summed E-state index contributed by atoms with van der Waals surface area (Å²) in [6, 6.07) is 5.66. The highest BCUT2D eigenvalue weighted by Gasteiger charge is 2.30. The van der Waals surface area contributed by atoms with Gasteiger partial charge in [-0.3, -0.25) is 9.69 Å². The van der Waals surface area contributed by atoms with Crippen LogP contribution < -0.4 is 9.47 Å². The van der Waals surface area contributed by atoms with Gasteiger partial charge in [-0.15, -0.1) is 0 Å². The van der Waals surface area contributed by atoms with Crippen molar-refractivity contribution in [3.8, 4) is 23.0 Å². The third-order valence-corrected chi connectivity index (χ3v) is 6.16. The van der Waals surface area contributed by atoms with Crippen molar-refractivity contribution in [3.05, 3.63) is 29.7 Å². The van der Waals surface area contributed by atoms with E-state index in [0.29, 0.717) is 50.2 Å². The van der Waals surface area contributed by atoms with Gasteiger partial charge in [0.1, 0.15) is 5.76 Å². The Morgan fingerprint density at radius 1 is 1.13 bits per heavy atom. The second-order valence-electron chi connectivity index (χ2n) is 8.05. The number of hydrogen-bond donors (Lipinski definition) is 0. The molecule has 168 valence electrons. The maximum atomic E-state index is 12.7. The first-order valence-corrected chi connectivity index (χ1v) is 10.9. The molecule has 2 fully saturated rings. The van der Waals surface area contributed by atoms with Gasteiger partial charge in [0.25, 0.3) is 0 Å². The van der Waals surface area contributed by atoms with Crippen LogP contribution in [0.25, 0.3) is 11.5 Å². The van der Waals surface area contributed by atoms with Gasteiger partial charge in [0.05, 0.1) is 38.7 Å². The fourth-order valence-corrected chi connectivity index (χ4v) is 4.34. The number of carbonyl (C=O) groups is 1. The normalized spacial score (nSPS) is 18.2. The summed E-state index contributed by atoms with van der Waals surface area (Å²) >= 11 is 0. The molecule has 2 aliphatic rings. The van der Waals surface area contributed by atoms with Crippen LogP contribution in [0.3, 0.4) is 0 Å². The number of benzene rings is 1. The number of hydrogen-bond acceptors (Lipinski definition) is 7. The van der Waals surface area contributed by atoms with Crippen LogP contribution >= 0.6 is 0 Å². The molecule has 2 aliphatic heterocycles. The maximum Gasteiger partial charge on any atom is 0.230 e. The molecule has 0 aliphatic carbocycles. The van der Waals surface area contributed by atoms with Gasteiger partial charge in [0.15, 0.2) is 11.5 Å². The van der Waals surface area contributed by atoms with Crippen LogP contribution in [0.4, 0.5) is 0 Å². The van der Waals surface area contributed by atoms with Gasteiger partial charge in [-0.05, 0) is 45.0 Å². The summed E-state index contributed by atoms with van der Waals surface area (Å²) in [5.74, 6) is 2.98. The minimum atomic E-state index is 0.115. The number of methoxy groups -OCH3 is 2. The number of para-hydroxylation sites is 1. The van der Waals surface area contributed by atoms with E-state index >= 15 is 0 Å². The van der Waals surface area contributed by atoms with Crippen molar-refractivity contribution >= 4 is 5.91 Å². The van der Waals surface area contributed by atoms with Crippen LogP contribution in [-0.4, -0.2) is 74.3 Å². The van der Waals surface area contributed by atoms with E-state index in [-0.39, 0.29) is 11.8 Å². The SMILES string of the molecule is COc1cccc(-c2nc(CN3CCC(C(=O)N4CCOCC4)CC3)c(C)o2)c1OC. The number of aromatic nitrogens is 1. The second-order valence-corrected chi connectivity index (χ2v) is 8.05. The molecular formula is C23H31N3O5. The van der Waals surface area contributed by atoms with E-state index in [2.05, 4.69) is 4.90 Å². The maximum absolute atomic E-state index is 12.7. The highest BCUT2D eigenvalue weighted by Crippen LogP contribution is 2.38. The Balaban J connectivity index is 1.39. The summed E-state index contributed by atoms with van der Waals surface area (Å²) in [4.78, 5) is 21.8. The predicted molar refractivity (Wildman–Crippen MR) is 115 cm³/mol. The Hall–Kier alpha value is -2.58. The Bertz CT molecular complexity index is 899. The second kappa shape index (κ2) is 9.70. The molecule has 0 atom stereocenters. The van der Waals surface area contributed by atoms with E-state index in [4.69, 9.17) is 23.6 Å². The molecule has 0 N–H and O–H groups in total. The first-order chi connectivity index (χ1) is 15.1. The Labute approximate surface area is 183 Å². The van der Waals surface area contributed by atoms with Crippen LogP contribution in [0.5, 0.6) is 11.5 Å². The van der Waals surface area contributed by atoms with Crippen LogP contribution in [0.15, 0.2) is 22.6 Å². The van der Waals surface area contributed by atoms with Crippen molar-refractivity contribution in [2.75, 3.05) is 53.6 Å². The lowest BCUT2D eigenvalue weighted by molar-refractivity contribution is -0.141. The number of carbonyl (C=O) groups excluding carboxylic acids is 1. The molecule has 1 aromatic carbocycles. The van der Waals surface area contributed by atoms with Gasteiger partial charge in [0, 0.05) is 25.6 Å². The standard InChI is InChI=1S/C23H31N3O5/c1-16-19(24-22(31-16)18-5-4-6-20(28-2)21(18)29-3)15-25-9-7-17(8-10-25)23(27)26-11-13-30-14-12-26/h4-6,17H,7-15H2,1-3H3. The van der Waals surface area contributed by atoms with Gasteiger partial charge in [-0.1, -0.05) is 6.07 Å². The quantitative estimate of drug-likeness (QED) is 0.699. The molecule has 31 heavy (non-hydrogen) atoms. The van der Waals surface area contributed by atoms with Crippen molar-refractivity contribution < 1.29 is 23.4 Å².